The van der Waals surface area contributed by atoms with Gasteiger partial charge >= 0.3 is 5.97 Å². The Bertz CT molecular complexity index is 524. The molecule has 122 valence electrons. The molecular weight excluding hydrogens is 355 g/mol. The molecule has 0 bridgehead atoms. The highest BCUT2D eigenvalue weighted by Gasteiger charge is 2.15. The van der Waals surface area contributed by atoms with E-state index >= 15 is 0 Å². The van der Waals surface area contributed by atoms with Crippen molar-refractivity contribution < 1.29 is 19.0 Å². The van der Waals surface area contributed by atoms with Crippen molar-refractivity contribution in [1.29, 1.82) is 0 Å². The maximum absolute atomic E-state index is 11.6. The number of pyridine rings is 1. The highest BCUT2D eigenvalue weighted by Crippen LogP contribution is 2.30. The number of nitrogens with zero attached hydrogens (tertiary/aromatic N) is 2. The third-order valence-electron chi connectivity index (χ3n) is 3.00. The van der Waals surface area contributed by atoms with Crippen LogP contribution in [0.5, 0.6) is 5.88 Å². The Kier molecular flexibility index (Phi) is 6.98. The zero-order valence-electron chi connectivity index (χ0n) is 11.7. The van der Waals surface area contributed by atoms with E-state index in [-0.39, 0.29) is 27.7 Å². The number of carbonyl (C=O) groups excluding carboxylic acids is 1. The lowest BCUT2D eigenvalue weighted by Gasteiger charge is -2.23. The molecule has 2 rings (SSSR count). The maximum atomic E-state index is 11.6. The number of hydrogen-bond acceptors (Lipinski definition) is 5. The number of carbonyl (C=O) groups is 1. The van der Waals surface area contributed by atoms with Gasteiger partial charge in [-0.25, -0.2) is 4.79 Å². The molecule has 1 aliphatic rings. The molecule has 1 N–H and O–H groups in total. The third kappa shape index (κ3) is 5.44. The third-order valence-corrected chi connectivity index (χ3v) is 3.94. The average molecular weight is 371 g/mol. The summed E-state index contributed by atoms with van der Waals surface area (Å²) in [4.78, 5) is 17.7. The molecule has 1 aromatic rings. The summed E-state index contributed by atoms with van der Waals surface area (Å²) < 4.78 is 14.5. The maximum Gasteiger partial charge on any atom is 0.344 e. The summed E-state index contributed by atoms with van der Waals surface area (Å²) in [5, 5.41) is 0.457. The zero-order valence-corrected chi connectivity index (χ0v) is 14.0. The molecule has 0 unspecified atom stereocenters. The molecule has 0 aliphatic carbocycles. The van der Waals surface area contributed by atoms with Crippen LogP contribution in [0.25, 0.3) is 0 Å². The Balaban J connectivity index is 1.70. The van der Waals surface area contributed by atoms with Gasteiger partial charge in [0.15, 0.2) is 25.0 Å². The van der Waals surface area contributed by atoms with E-state index in [0.717, 1.165) is 26.3 Å². The van der Waals surface area contributed by atoms with E-state index in [2.05, 4.69) is 14.6 Å². The normalized spacial score (nSPS) is 15.6. The molecule has 0 saturated carbocycles. The van der Waals surface area contributed by atoms with Crippen LogP contribution in [0.1, 0.15) is 0 Å². The van der Waals surface area contributed by atoms with Crippen LogP contribution in [0.3, 0.4) is 0 Å². The first-order valence-corrected chi connectivity index (χ1v) is 7.85. The Morgan fingerprint density at radius 3 is 2.73 bits per heavy atom. The second kappa shape index (κ2) is 8.74. The monoisotopic (exact) mass is 369 g/mol. The van der Waals surface area contributed by atoms with Gasteiger partial charge in [-0.05, 0) is 6.07 Å². The Hall–Kier alpha value is -0.790. The van der Waals surface area contributed by atoms with Gasteiger partial charge in [0.25, 0.3) is 0 Å². The summed E-state index contributed by atoms with van der Waals surface area (Å²) >= 11 is 17.4. The van der Waals surface area contributed by atoms with Crippen molar-refractivity contribution in [3.63, 3.8) is 0 Å². The molecular formula is C13H16Cl3N2O4+. The second-order valence-electron chi connectivity index (χ2n) is 4.57. The van der Waals surface area contributed by atoms with Crippen LogP contribution >= 0.6 is 34.8 Å². The Morgan fingerprint density at radius 1 is 1.27 bits per heavy atom. The molecule has 0 radical (unpaired) electrons. The minimum Gasteiger partial charge on any atom is -0.465 e. The smallest absolute Gasteiger partial charge is 0.344 e. The summed E-state index contributed by atoms with van der Waals surface area (Å²) in [6.07, 6.45) is 0. The Labute approximate surface area is 143 Å². The van der Waals surface area contributed by atoms with Crippen molar-refractivity contribution in [2.75, 3.05) is 46.1 Å². The number of rotatable bonds is 6. The molecule has 2 heterocycles. The number of aliphatic hydroxyl groups is 2. The predicted octanol–water partition coefficient (Wildman–Crippen LogP) is 1.81. The van der Waals surface area contributed by atoms with E-state index < -0.39 is 5.97 Å². The minimum absolute atomic E-state index is 0.0469. The number of ether oxygens (including phenoxy) is 3. The quantitative estimate of drug-likeness (QED) is 0.434. The number of aromatic nitrogens is 1. The first-order valence-electron chi connectivity index (χ1n) is 6.72. The fraction of sp³-hybridized carbons (Fsp3) is 0.538. The van der Waals surface area contributed by atoms with E-state index in [1.54, 1.807) is 0 Å². The van der Waals surface area contributed by atoms with Gasteiger partial charge in [-0.2, -0.15) is 4.98 Å². The summed E-state index contributed by atoms with van der Waals surface area (Å²) in [6, 6.07) is 1.40. The van der Waals surface area contributed by atoms with Crippen LogP contribution in [-0.2, 0) is 9.53 Å². The van der Waals surface area contributed by atoms with Crippen molar-refractivity contribution >= 4 is 40.8 Å². The van der Waals surface area contributed by atoms with Gasteiger partial charge in [0.05, 0.1) is 18.1 Å². The second-order valence-corrected chi connectivity index (χ2v) is 5.74. The van der Waals surface area contributed by atoms with Crippen LogP contribution in [0, 0.1) is 0 Å². The standard InChI is InChI=1S/C13H15Cl3N2O4/c14-9-7-10(15)13(17-12(9)16)22-8-11(19)21-6-3-18-1-4-20-5-2-18/h7H,1-6,8H2/p+1. The van der Waals surface area contributed by atoms with E-state index in [1.165, 1.54) is 6.07 Å². The lowest BCUT2D eigenvalue weighted by molar-refractivity contribution is -0.147. The highest BCUT2D eigenvalue weighted by molar-refractivity contribution is 6.42. The van der Waals surface area contributed by atoms with Gasteiger partial charge in [-0.15, -0.1) is 0 Å². The van der Waals surface area contributed by atoms with Crippen molar-refractivity contribution in [3.05, 3.63) is 21.3 Å². The van der Waals surface area contributed by atoms with Gasteiger partial charge in [0.1, 0.15) is 11.6 Å². The van der Waals surface area contributed by atoms with Gasteiger partial charge in [-0.1, -0.05) is 34.8 Å². The molecule has 1 fully saturated rings. The van der Waals surface area contributed by atoms with Crippen LogP contribution in [0.2, 0.25) is 15.2 Å². The summed E-state index contributed by atoms with van der Waals surface area (Å²) in [7, 11) is 0. The predicted molar refractivity (Wildman–Crippen MR) is 84.1 cm³/mol. The van der Waals surface area contributed by atoms with Crippen molar-refractivity contribution in [3.8, 4) is 5.88 Å². The molecule has 0 amide bonds. The van der Waals surface area contributed by atoms with Crippen molar-refractivity contribution in [2.24, 2.45) is 0 Å². The van der Waals surface area contributed by atoms with E-state index in [0.29, 0.717) is 13.2 Å². The van der Waals surface area contributed by atoms with E-state index in [4.69, 9.17) is 44.3 Å². The zero-order chi connectivity index (χ0) is 15.9. The average Bonchev–Trinajstić information content (AvgIpc) is 2.50. The molecule has 0 aromatic carbocycles. The van der Waals surface area contributed by atoms with Gasteiger partial charge in [-0.3, -0.25) is 4.90 Å². The van der Waals surface area contributed by atoms with Crippen LogP contribution in [0.15, 0.2) is 6.07 Å². The fourth-order valence-corrected chi connectivity index (χ4v) is 2.40. The molecule has 1 saturated heterocycles. The Morgan fingerprint density at radius 2 is 2.00 bits per heavy atom. The van der Waals surface area contributed by atoms with Gasteiger partial charge in [0, 0.05) is 6.54 Å². The molecule has 6 nitrogen and oxygen atoms in total. The molecule has 1 aromatic heterocycles. The van der Waals surface area contributed by atoms with Crippen LogP contribution < -0.4 is 4.74 Å². The summed E-state index contributed by atoms with van der Waals surface area (Å²) in [6.45, 7) is 4.17. The van der Waals surface area contributed by atoms with Crippen molar-refractivity contribution in [1.82, 2.24) is 9.88 Å². The van der Waals surface area contributed by atoms with E-state index in [1.807, 2.05) is 0 Å². The SMILES string of the molecule is O=C(COc1nc(Cl)c(Cl)cc1Cl)OCCN1CC[OH+]CC1. The highest BCUT2D eigenvalue weighted by atomic mass is 35.5. The topological polar surface area (TPSA) is 64.5 Å². The number of esters is 1. The van der Waals surface area contributed by atoms with Crippen LogP contribution in [-0.4, -0.2) is 66.7 Å². The number of hydrogen-bond donors (Lipinski definition) is 0. The first-order chi connectivity index (χ1) is 10.6. The summed E-state index contributed by atoms with van der Waals surface area (Å²) in [5.74, 6) is -0.448. The summed E-state index contributed by atoms with van der Waals surface area (Å²) in [5.41, 5.74) is 0. The van der Waals surface area contributed by atoms with Crippen LogP contribution in [0.4, 0.5) is 0 Å². The van der Waals surface area contributed by atoms with E-state index in [9.17, 15) is 4.79 Å². The first kappa shape index (κ1) is 17.6. The molecule has 0 spiro atoms. The largest absolute Gasteiger partial charge is 0.465 e. The lowest BCUT2D eigenvalue weighted by atomic mass is 10.4. The molecule has 0 atom stereocenters. The minimum atomic E-state index is -0.495. The lowest BCUT2D eigenvalue weighted by Crippen LogP contribution is -2.40. The number of halogens is 3. The molecule has 1 aliphatic heterocycles. The molecule has 9 heteroatoms. The van der Waals surface area contributed by atoms with Gasteiger partial charge < -0.3 is 14.2 Å². The van der Waals surface area contributed by atoms with Gasteiger partial charge in [0.2, 0.25) is 5.88 Å². The van der Waals surface area contributed by atoms with Crippen molar-refractivity contribution in [2.45, 2.75) is 0 Å². The molecule has 22 heavy (non-hydrogen) atoms. The fourth-order valence-electron chi connectivity index (χ4n) is 1.86. The number of morpholine rings is 1.